The molecule has 0 radical (unpaired) electrons. The van der Waals surface area contributed by atoms with Crippen molar-refractivity contribution in [2.75, 3.05) is 28.2 Å². The molecule has 0 bridgehead atoms. The van der Waals surface area contributed by atoms with Gasteiger partial charge < -0.3 is 4.42 Å². The van der Waals surface area contributed by atoms with E-state index in [1.165, 1.54) is 16.7 Å². The molecule has 5 nitrogen and oxygen atoms in total. The second kappa shape index (κ2) is 12.8. The summed E-state index contributed by atoms with van der Waals surface area (Å²) < 4.78 is 14.6. The summed E-state index contributed by atoms with van der Waals surface area (Å²) in [6.07, 6.45) is 3.55. The first-order valence-corrected chi connectivity index (χ1v) is 12.7. The molecular weight excluding hydrogens is 458 g/mol. The summed E-state index contributed by atoms with van der Waals surface area (Å²) in [6.45, 7) is 6.26. The second-order valence-corrected chi connectivity index (χ2v) is 10.7. The molecule has 0 N–H and O–H groups in total. The van der Waals surface area contributed by atoms with E-state index in [0.717, 1.165) is 17.2 Å². The third kappa shape index (κ3) is 8.34. The second-order valence-electron chi connectivity index (χ2n) is 6.50. The SMILES string of the molecule is Cc1cc(C)c(N=Cc2ccc(/C=N/P(N(C)C)N(C)C)o2)c(C)c1.[Cl][Fe][Cl]. The van der Waals surface area contributed by atoms with Crippen molar-refractivity contribution >= 4 is 46.7 Å². The van der Waals surface area contributed by atoms with Crippen molar-refractivity contribution in [1.29, 1.82) is 0 Å². The Hall–Kier alpha value is -0.711. The molecule has 1 aromatic carbocycles. The summed E-state index contributed by atoms with van der Waals surface area (Å²) in [5.74, 6) is 1.45. The summed E-state index contributed by atoms with van der Waals surface area (Å²) in [7, 11) is 16.9. The molecule has 0 saturated heterocycles. The standard InChI is InChI=1S/C19H27N4OP.2ClH.Fe/c1-14-10-15(2)19(16(3)11-14)20-12-17-8-9-18(24-17)13-21-25(22(4)5)23(6)7;;;/h8-13H,1-7H3;2*1H;/q;;;+2/p-2/b20-12?,21-13+;;;. The van der Waals surface area contributed by atoms with Crippen LogP contribution in [-0.2, 0) is 13.1 Å². The van der Waals surface area contributed by atoms with Gasteiger partial charge in [0.15, 0.2) is 8.37 Å². The maximum atomic E-state index is 5.79. The molecule has 0 fully saturated rings. The van der Waals surface area contributed by atoms with Crippen LogP contribution < -0.4 is 0 Å². The molecule has 0 aliphatic carbocycles. The fourth-order valence-electron chi connectivity index (χ4n) is 2.68. The number of rotatable bonds is 6. The van der Waals surface area contributed by atoms with Crippen LogP contribution >= 0.6 is 28.6 Å². The Morgan fingerprint density at radius 1 is 0.929 bits per heavy atom. The van der Waals surface area contributed by atoms with Gasteiger partial charge in [0.25, 0.3) is 0 Å². The first-order chi connectivity index (χ1) is 13.2. The topological polar surface area (TPSA) is 44.3 Å². The van der Waals surface area contributed by atoms with E-state index in [0.29, 0.717) is 0 Å². The first-order valence-electron chi connectivity index (χ1n) is 8.45. The number of benzene rings is 1. The Labute approximate surface area is 184 Å². The van der Waals surface area contributed by atoms with Crippen LogP contribution in [0.1, 0.15) is 28.2 Å². The van der Waals surface area contributed by atoms with Gasteiger partial charge in [-0.05, 0) is 72.2 Å². The Morgan fingerprint density at radius 3 is 1.86 bits per heavy atom. The molecule has 156 valence electrons. The fraction of sp³-hybridized carbons (Fsp3) is 0.368. The molecule has 28 heavy (non-hydrogen) atoms. The molecule has 2 aromatic rings. The van der Waals surface area contributed by atoms with Crippen molar-refractivity contribution in [3.8, 4) is 0 Å². The molecule has 9 heteroatoms. The van der Waals surface area contributed by atoms with E-state index in [9.17, 15) is 0 Å². The number of nitrogens with zero attached hydrogens (tertiary/aromatic N) is 4. The Morgan fingerprint density at radius 2 is 1.39 bits per heavy atom. The third-order valence-corrected chi connectivity index (χ3v) is 5.36. The van der Waals surface area contributed by atoms with E-state index in [4.69, 9.17) is 24.6 Å². The summed E-state index contributed by atoms with van der Waals surface area (Å²) in [6, 6.07) is 8.12. The van der Waals surface area contributed by atoms with Gasteiger partial charge in [-0.1, -0.05) is 17.7 Å². The Bertz CT molecular complexity index is 778. The van der Waals surface area contributed by atoms with Gasteiger partial charge in [0.1, 0.15) is 11.5 Å². The number of aliphatic imine (C=N–C) groups is 1. The van der Waals surface area contributed by atoms with E-state index in [1.807, 2.05) is 40.3 Å². The minimum absolute atomic E-state index is 0.194. The van der Waals surface area contributed by atoms with Gasteiger partial charge in [-0.15, -0.1) is 0 Å². The number of furan rings is 1. The fourth-order valence-corrected chi connectivity index (χ4v) is 4.03. The van der Waals surface area contributed by atoms with E-state index >= 15 is 0 Å². The molecule has 0 aliphatic heterocycles. The quantitative estimate of drug-likeness (QED) is 0.282. The van der Waals surface area contributed by atoms with Gasteiger partial charge in [0.2, 0.25) is 0 Å². The summed E-state index contributed by atoms with van der Waals surface area (Å²) in [5.41, 5.74) is 4.60. The van der Waals surface area contributed by atoms with Crippen LogP contribution in [-0.4, -0.2) is 50.0 Å². The van der Waals surface area contributed by atoms with Crippen LogP contribution in [0.5, 0.6) is 0 Å². The van der Waals surface area contributed by atoms with Crippen LogP contribution in [0.2, 0.25) is 0 Å². The van der Waals surface area contributed by atoms with Gasteiger partial charge >= 0.3 is 33.3 Å². The predicted octanol–water partition coefficient (Wildman–Crippen LogP) is 6.10. The van der Waals surface area contributed by atoms with Crippen molar-refractivity contribution in [2.45, 2.75) is 20.8 Å². The molecule has 0 amide bonds. The van der Waals surface area contributed by atoms with Crippen LogP contribution in [0.15, 0.2) is 38.4 Å². The van der Waals surface area contributed by atoms with Crippen LogP contribution in [0.25, 0.3) is 0 Å². The molecule has 1 aromatic heterocycles. The third-order valence-electron chi connectivity index (χ3n) is 3.61. The van der Waals surface area contributed by atoms with Crippen molar-refractivity contribution < 1.29 is 17.6 Å². The zero-order chi connectivity index (χ0) is 21.3. The molecule has 2 rings (SSSR count). The molecule has 1 heterocycles. The van der Waals surface area contributed by atoms with E-state index < -0.39 is 8.37 Å². The normalized spacial score (nSPS) is 12.0. The number of hydrogen-bond donors (Lipinski definition) is 0. The van der Waals surface area contributed by atoms with Crippen molar-refractivity contribution in [3.05, 3.63) is 52.5 Å². The van der Waals surface area contributed by atoms with Gasteiger partial charge in [0, 0.05) is 0 Å². The average Bonchev–Trinajstić information content (AvgIpc) is 3.02. The molecule has 0 spiro atoms. The van der Waals surface area contributed by atoms with Gasteiger partial charge in [-0.3, -0.25) is 14.3 Å². The van der Waals surface area contributed by atoms with E-state index in [1.54, 1.807) is 12.4 Å². The predicted molar refractivity (Wildman–Crippen MR) is 120 cm³/mol. The Balaban J connectivity index is 0.00000122. The zero-order valence-corrected chi connectivity index (χ0v) is 20.7. The van der Waals surface area contributed by atoms with Crippen LogP contribution in [0, 0.1) is 20.8 Å². The zero-order valence-electron chi connectivity index (χ0n) is 17.2. The maximum absolute atomic E-state index is 5.79. The molecule has 0 saturated carbocycles. The number of hydrogen-bond acceptors (Lipinski definition) is 5. The van der Waals surface area contributed by atoms with E-state index in [2.05, 4.69) is 52.0 Å². The average molecular weight is 485 g/mol. The van der Waals surface area contributed by atoms with Crippen LogP contribution in [0.3, 0.4) is 0 Å². The van der Waals surface area contributed by atoms with Gasteiger partial charge in [-0.25, -0.2) is 4.76 Å². The van der Waals surface area contributed by atoms with E-state index in [-0.39, 0.29) is 13.1 Å². The molecular formula is C19H27Cl2FeN4OP. The van der Waals surface area contributed by atoms with Crippen molar-refractivity contribution in [2.24, 2.45) is 9.76 Å². The summed E-state index contributed by atoms with van der Waals surface area (Å²) >= 11 is 0.194. The van der Waals surface area contributed by atoms with Gasteiger partial charge in [-0.2, -0.15) is 0 Å². The molecule has 0 atom stereocenters. The van der Waals surface area contributed by atoms with Gasteiger partial charge in [0.05, 0.1) is 18.1 Å². The molecule has 0 unspecified atom stereocenters. The monoisotopic (exact) mass is 484 g/mol. The molecule has 0 aliphatic rings. The van der Waals surface area contributed by atoms with Crippen molar-refractivity contribution in [1.82, 2.24) is 9.34 Å². The minimum atomic E-state index is -0.706. The Kier molecular flexibility index (Phi) is 11.5. The number of halogens is 2. The first kappa shape index (κ1) is 25.3. The number of aryl methyl sites for hydroxylation is 3. The summed E-state index contributed by atoms with van der Waals surface area (Å²) in [4.78, 5) is 4.61. The van der Waals surface area contributed by atoms with Crippen LogP contribution in [0.4, 0.5) is 5.69 Å². The van der Waals surface area contributed by atoms with Crippen molar-refractivity contribution in [3.63, 3.8) is 0 Å². The summed E-state index contributed by atoms with van der Waals surface area (Å²) in [5, 5.41) is 0.